The fourth-order valence-electron chi connectivity index (χ4n) is 2.18. The van der Waals surface area contributed by atoms with Gasteiger partial charge in [-0.15, -0.1) is 11.8 Å². The van der Waals surface area contributed by atoms with Gasteiger partial charge in [-0.2, -0.15) is 0 Å². The van der Waals surface area contributed by atoms with E-state index in [-0.39, 0.29) is 0 Å². The Morgan fingerprint density at radius 2 is 2.17 bits per heavy atom. The van der Waals surface area contributed by atoms with E-state index < -0.39 is 0 Å². The van der Waals surface area contributed by atoms with Gasteiger partial charge in [0.15, 0.2) is 0 Å². The Balaban J connectivity index is 1.71. The predicted octanol–water partition coefficient (Wildman–Crippen LogP) is 2.34. The molecule has 0 spiro atoms. The van der Waals surface area contributed by atoms with E-state index in [9.17, 15) is 0 Å². The van der Waals surface area contributed by atoms with Gasteiger partial charge in [-0.25, -0.2) is 9.97 Å². The van der Waals surface area contributed by atoms with Gasteiger partial charge in [-0.3, -0.25) is 0 Å². The lowest BCUT2D eigenvalue weighted by molar-refractivity contribution is 0.199. The molecule has 0 atom stereocenters. The van der Waals surface area contributed by atoms with Gasteiger partial charge in [0.05, 0.1) is 0 Å². The van der Waals surface area contributed by atoms with Crippen LogP contribution in [0, 0.1) is 5.92 Å². The van der Waals surface area contributed by atoms with Crippen molar-refractivity contribution in [2.75, 3.05) is 37.8 Å². The molecule has 1 aliphatic rings. The molecule has 0 bridgehead atoms. The number of nitrogens with zero attached hydrogens (tertiary/aromatic N) is 3. The van der Waals surface area contributed by atoms with Gasteiger partial charge in [0.1, 0.15) is 17.2 Å². The lowest BCUT2D eigenvalue weighted by atomic mass is 9.99. The van der Waals surface area contributed by atoms with E-state index >= 15 is 0 Å². The van der Waals surface area contributed by atoms with E-state index in [0.717, 1.165) is 29.9 Å². The van der Waals surface area contributed by atoms with E-state index in [1.54, 1.807) is 18.1 Å². The van der Waals surface area contributed by atoms with E-state index in [4.69, 9.17) is 0 Å². The van der Waals surface area contributed by atoms with Crippen LogP contribution in [0.25, 0.3) is 0 Å². The van der Waals surface area contributed by atoms with Crippen molar-refractivity contribution >= 4 is 17.6 Å². The zero-order valence-corrected chi connectivity index (χ0v) is 12.0. The standard InChI is InChI=1S/C13H22N4S/c1-11-3-6-17(7-4-11)8-5-14-12-9-13(18-2)16-10-15-12/h9-11H,3-8H2,1-2H3,(H,14,15,16). The van der Waals surface area contributed by atoms with Crippen LogP contribution in [0.4, 0.5) is 5.82 Å². The molecule has 1 aliphatic heterocycles. The van der Waals surface area contributed by atoms with Gasteiger partial charge < -0.3 is 10.2 Å². The predicted molar refractivity (Wildman–Crippen MR) is 77.1 cm³/mol. The molecule has 100 valence electrons. The highest BCUT2D eigenvalue weighted by Crippen LogP contribution is 2.16. The zero-order valence-electron chi connectivity index (χ0n) is 11.2. The first-order chi connectivity index (χ1) is 8.78. The molecular formula is C13H22N4S. The van der Waals surface area contributed by atoms with Gasteiger partial charge in [0.25, 0.3) is 0 Å². The Kier molecular flexibility index (Phi) is 5.26. The smallest absolute Gasteiger partial charge is 0.130 e. The Morgan fingerprint density at radius 1 is 1.39 bits per heavy atom. The minimum Gasteiger partial charge on any atom is -0.369 e. The first kappa shape index (κ1) is 13.6. The quantitative estimate of drug-likeness (QED) is 0.654. The van der Waals surface area contributed by atoms with Crippen molar-refractivity contribution in [3.63, 3.8) is 0 Å². The molecule has 1 aromatic heterocycles. The summed E-state index contributed by atoms with van der Waals surface area (Å²) in [6.07, 6.45) is 6.33. The van der Waals surface area contributed by atoms with Crippen molar-refractivity contribution in [2.45, 2.75) is 24.8 Å². The highest BCUT2D eigenvalue weighted by Gasteiger charge is 2.14. The van der Waals surface area contributed by atoms with E-state index in [0.29, 0.717) is 0 Å². The molecule has 0 saturated carbocycles. The van der Waals surface area contributed by atoms with Crippen LogP contribution in [0.1, 0.15) is 19.8 Å². The maximum atomic E-state index is 4.23. The number of anilines is 1. The van der Waals surface area contributed by atoms with Gasteiger partial charge in [0, 0.05) is 19.2 Å². The second-order valence-corrected chi connectivity index (χ2v) is 5.72. The first-order valence-electron chi connectivity index (χ1n) is 6.60. The molecule has 0 aliphatic carbocycles. The van der Waals surface area contributed by atoms with Crippen LogP contribution in [0.15, 0.2) is 17.4 Å². The number of likely N-dealkylation sites (tertiary alicyclic amines) is 1. The van der Waals surface area contributed by atoms with Crippen LogP contribution in [-0.2, 0) is 0 Å². The molecule has 0 unspecified atom stereocenters. The lowest BCUT2D eigenvalue weighted by Crippen LogP contribution is -2.36. The van der Waals surface area contributed by atoms with Crippen molar-refractivity contribution in [3.8, 4) is 0 Å². The molecule has 0 aromatic carbocycles. The highest BCUT2D eigenvalue weighted by molar-refractivity contribution is 7.98. The second-order valence-electron chi connectivity index (χ2n) is 4.90. The van der Waals surface area contributed by atoms with Gasteiger partial charge in [0.2, 0.25) is 0 Å². The molecule has 1 N–H and O–H groups in total. The molecule has 1 aromatic rings. The first-order valence-corrected chi connectivity index (χ1v) is 7.82. The Bertz CT molecular complexity index is 364. The number of rotatable bonds is 5. The van der Waals surface area contributed by atoms with Crippen molar-refractivity contribution in [1.29, 1.82) is 0 Å². The molecule has 18 heavy (non-hydrogen) atoms. The molecule has 0 radical (unpaired) electrons. The summed E-state index contributed by atoms with van der Waals surface area (Å²) in [6.45, 7) is 6.89. The number of hydrogen-bond donors (Lipinski definition) is 1. The maximum absolute atomic E-state index is 4.23. The minimum absolute atomic E-state index is 0.903. The zero-order chi connectivity index (χ0) is 12.8. The van der Waals surface area contributed by atoms with Crippen LogP contribution >= 0.6 is 11.8 Å². The largest absolute Gasteiger partial charge is 0.369 e. The third-order valence-corrected chi connectivity index (χ3v) is 4.10. The molecule has 5 heteroatoms. The molecule has 1 fully saturated rings. The molecule has 4 nitrogen and oxygen atoms in total. The number of hydrogen-bond acceptors (Lipinski definition) is 5. The summed E-state index contributed by atoms with van der Waals surface area (Å²) in [5.41, 5.74) is 0. The van der Waals surface area contributed by atoms with Crippen LogP contribution in [0.2, 0.25) is 0 Å². The van der Waals surface area contributed by atoms with Crippen molar-refractivity contribution in [3.05, 3.63) is 12.4 Å². The molecule has 2 heterocycles. The van der Waals surface area contributed by atoms with Crippen LogP contribution in [0.3, 0.4) is 0 Å². The third kappa shape index (κ3) is 4.14. The lowest BCUT2D eigenvalue weighted by Gasteiger charge is -2.30. The van der Waals surface area contributed by atoms with E-state index in [2.05, 4.69) is 27.1 Å². The number of piperidine rings is 1. The summed E-state index contributed by atoms with van der Waals surface area (Å²) >= 11 is 1.64. The van der Waals surface area contributed by atoms with Crippen molar-refractivity contribution < 1.29 is 0 Å². The highest BCUT2D eigenvalue weighted by atomic mass is 32.2. The average Bonchev–Trinajstić information content (AvgIpc) is 2.41. The third-order valence-electron chi connectivity index (χ3n) is 3.46. The Hall–Kier alpha value is -0.810. The van der Waals surface area contributed by atoms with Gasteiger partial charge in [-0.05, 0) is 38.1 Å². The molecule has 0 amide bonds. The molecule has 2 rings (SSSR count). The summed E-state index contributed by atoms with van der Waals surface area (Å²) in [5, 5.41) is 4.38. The fourth-order valence-corrected chi connectivity index (χ4v) is 2.56. The maximum Gasteiger partial charge on any atom is 0.130 e. The van der Waals surface area contributed by atoms with E-state index in [1.165, 1.54) is 25.9 Å². The van der Waals surface area contributed by atoms with Crippen molar-refractivity contribution in [1.82, 2.24) is 14.9 Å². The Labute approximate surface area is 114 Å². The normalized spacial score (nSPS) is 17.9. The van der Waals surface area contributed by atoms with E-state index in [1.807, 2.05) is 12.3 Å². The summed E-state index contributed by atoms with van der Waals surface area (Å²) in [7, 11) is 0. The second kappa shape index (κ2) is 6.95. The summed E-state index contributed by atoms with van der Waals surface area (Å²) in [4.78, 5) is 10.9. The monoisotopic (exact) mass is 266 g/mol. The fraction of sp³-hybridized carbons (Fsp3) is 0.692. The number of nitrogens with one attached hydrogen (secondary N) is 1. The Morgan fingerprint density at radius 3 is 2.89 bits per heavy atom. The average molecular weight is 266 g/mol. The SMILES string of the molecule is CSc1cc(NCCN2CCC(C)CC2)ncn1. The topological polar surface area (TPSA) is 41.0 Å². The van der Waals surface area contributed by atoms with Gasteiger partial charge in [-0.1, -0.05) is 6.92 Å². The summed E-state index contributed by atoms with van der Waals surface area (Å²) in [6, 6.07) is 2.00. The molecule has 1 saturated heterocycles. The minimum atomic E-state index is 0.903. The number of aromatic nitrogens is 2. The van der Waals surface area contributed by atoms with Crippen LogP contribution in [0.5, 0.6) is 0 Å². The number of thioether (sulfide) groups is 1. The van der Waals surface area contributed by atoms with Crippen LogP contribution < -0.4 is 5.32 Å². The summed E-state index contributed by atoms with van der Waals surface area (Å²) < 4.78 is 0. The summed E-state index contributed by atoms with van der Waals surface area (Å²) in [5.74, 6) is 1.83. The van der Waals surface area contributed by atoms with Crippen LogP contribution in [-0.4, -0.2) is 47.3 Å². The van der Waals surface area contributed by atoms with Crippen molar-refractivity contribution in [2.24, 2.45) is 5.92 Å². The molecular weight excluding hydrogens is 244 g/mol. The van der Waals surface area contributed by atoms with Gasteiger partial charge >= 0.3 is 0 Å².